The minimum atomic E-state index is 0.345. The largest absolute Gasteiger partial charge is 0.381 e. The van der Waals surface area contributed by atoms with Crippen molar-refractivity contribution in [3.05, 3.63) is 29.0 Å². The van der Waals surface area contributed by atoms with E-state index in [4.69, 9.17) is 21.3 Å². The van der Waals surface area contributed by atoms with E-state index in [1.165, 1.54) is 12.8 Å². The fraction of sp³-hybridized carbons (Fsp3) is 0.625. The molecule has 0 aliphatic carbocycles. The number of hydrogen-bond donors (Lipinski definition) is 1. The van der Waals surface area contributed by atoms with Crippen molar-refractivity contribution >= 4 is 17.6 Å². The van der Waals surface area contributed by atoms with Crippen molar-refractivity contribution in [2.75, 3.05) is 32.8 Å². The zero-order valence-corrected chi connectivity index (χ0v) is 13.8. The van der Waals surface area contributed by atoms with E-state index in [1.54, 1.807) is 12.3 Å². The summed E-state index contributed by atoms with van der Waals surface area (Å²) in [7, 11) is 0. The Balaban J connectivity index is 1.67. The first-order valence-corrected chi connectivity index (χ1v) is 8.30. The van der Waals surface area contributed by atoms with Crippen LogP contribution in [0.1, 0.15) is 25.3 Å². The highest BCUT2D eigenvalue weighted by Gasteiger charge is 2.42. The highest BCUT2D eigenvalue weighted by molar-refractivity contribution is 6.29. The zero-order valence-electron chi connectivity index (χ0n) is 13.0. The molecule has 6 heteroatoms. The number of guanidine groups is 1. The number of ether oxygens (including phenoxy) is 1. The van der Waals surface area contributed by atoms with Crippen molar-refractivity contribution in [2.45, 2.75) is 26.3 Å². The predicted octanol–water partition coefficient (Wildman–Crippen LogP) is 2.31. The molecule has 22 heavy (non-hydrogen) atoms. The Morgan fingerprint density at radius 2 is 2.41 bits per heavy atom. The summed E-state index contributed by atoms with van der Waals surface area (Å²) in [5.41, 5.74) is 1.41. The zero-order chi connectivity index (χ0) is 15.4. The number of aromatic nitrogens is 1. The van der Waals surface area contributed by atoms with Gasteiger partial charge in [-0.3, -0.25) is 0 Å². The first kappa shape index (κ1) is 15.6. The minimum Gasteiger partial charge on any atom is -0.381 e. The Morgan fingerprint density at radius 3 is 3.09 bits per heavy atom. The lowest BCUT2D eigenvalue weighted by Gasteiger charge is -2.25. The van der Waals surface area contributed by atoms with Gasteiger partial charge in [-0.2, -0.15) is 0 Å². The van der Waals surface area contributed by atoms with E-state index < -0.39 is 0 Å². The molecule has 1 unspecified atom stereocenters. The number of nitrogens with one attached hydrogen (secondary N) is 1. The van der Waals surface area contributed by atoms with E-state index in [0.717, 1.165) is 44.4 Å². The van der Waals surface area contributed by atoms with Crippen molar-refractivity contribution in [2.24, 2.45) is 10.4 Å². The molecule has 1 N–H and O–H groups in total. The Labute approximate surface area is 136 Å². The molecule has 0 radical (unpaired) electrons. The first-order valence-electron chi connectivity index (χ1n) is 7.92. The topological polar surface area (TPSA) is 49.8 Å². The highest BCUT2D eigenvalue weighted by atomic mass is 35.5. The molecule has 1 atom stereocenters. The smallest absolute Gasteiger partial charge is 0.194 e. The van der Waals surface area contributed by atoms with Crippen LogP contribution >= 0.6 is 11.6 Å². The fourth-order valence-electron chi connectivity index (χ4n) is 3.18. The van der Waals surface area contributed by atoms with Crippen LogP contribution in [0.2, 0.25) is 5.15 Å². The van der Waals surface area contributed by atoms with Gasteiger partial charge in [0.05, 0.1) is 13.2 Å². The van der Waals surface area contributed by atoms with E-state index in [9.17, 15) is 0 Å². The highest BCUT2D eigenvalue weighted by Crippen LogP contribution is 2.38. The molecule has 3 heterocycles. The second-order valence-electron chi connectivity index (χ2n) is 6.13. The van der Waals surface area contributed by atoms with Crippen LogP contribution in [0.4, 0.5) is 0 Å². The molecule has 1 aromatic heterocycles. The molecule has 0 saturated carbocycles. The molecule has 5 nitrogen and oxygen atoms in total. The third kappa shape index (κ3) is 3.52. The third-order valence-electron chi connectivity index (χ3n) is 4.46. The number of aliphatic imine (C=N–C) groups is 1. The van der Waals surface area contributed by atoms with Crippen molar-refractivity contribution < 1.29 is 4.74 Å². The van der Waals surface area contributed by atoms with Gasteiger partial charge in [0.1, 0.15) is 5.15 Å². The van der Waals surface area contributed by atoms with Gasteiger partial charge in [-0.15, -0.1) is 0 Å². The Morgan fingerprint density at radius 1 is 1.50 bits per heavy atom. The van der Waals surface area contributed by atoms with Crippen molar-refractivity contribution in [3.8, 4) is 0 Å². The van der Waals surface area contributed by atoms with Gasteiger partial charge in [0, 0.05) is 37.9 Å². The van der Waals surface area contributed by atoms with Crippen molar-refractivity contribution in [3.63, 3.8) is 0 Å². The lowest BCUT2D eigenvalue weighted by atomic mass is 9.87. The van der Waals surface area contributed by atoms with Crippen LogP contribution in [0, 0.1) is 5.41 Å². The monoisotopic (exact) mass is 322 g/mol. The number of rotatable bonds is 3. The molecular weight excluding hydrogens is 300 g/mol. The molecular formula is C16H23ClN4O. The summed E-state index contributed by atoms with van der Waals surface area (Å²) in [5.74, 6) is 0.987. The quantitative estimate of drug-likeness (QED) is 0.527. The molecule has 2 fully saturated rings. The molecule has 2 saturated heterocycles. The van der Waals surface area contributed by atoms with Crippen molar-refractivity contribution in [1.82, 2.24) is 15.2 Å². The summed E-state index contributed by atoms with van der Waals surface area (Å²) in [6, 6.07) is 3.78. The van der Waals surface area contributed by atoms with E-state index in [2.05, 4.69) is 22.1 Å². The summed E-state index contributed by atoms with van der Waals surface area (Å²) in [6.07, 6.45) is 4.15. The van der Waals surface area contributed by atoms with Crippen LogP contribution in [0.25, 0.3) is 0 Å². The fourth-order valence-corrected chi connectivity index (χ4v) is 3.29. The number of hydrogen-bond acceptors (Lipinski definition) is 3. The molecule has 0 amide bonds. The maximum Gasteiger partial charge on any atom is 0.194 e. The number of likely N-dealkylation sites (tertiary alicyclic amines) is 1. The molecule has 120 valence electrons. The van der Waals surface area contributed by atoms with Gasteiger partial charge in [-0.25, -0.2) is 9.98 Å². The van der Waals surface area contributed by atoms with Crippen LogP contribution in [0.5, 0.6) is 0 Å². The van der Waals surface area contributed by atoms with Gasteiger partial charge < -0.3 is 15.0 Å². The Bertz CT molecular complexity index is 525. The van der Waals surface area contributed by atoms with Crippen LogP contribution < -0.4 is 5.32 Å². The lowest BCUT2D eigenvalue weighted by Crippen LogP contribution is -2.41. The Kier molecular flexibility index (Phi) is 4.84. The van der Waals surface area contributed by atoms with Gasteiger partial charge in [-0.1, -0.05) is 17.7 Å². The van der Waals surface area contributed by atoms with E-state index >= 15 is 0 Å². The average Bonchev–Trinajstić information content (AvgIpc) is 3.16. The summed E-state index contributed by atoms with van der Waals surface area (Å²) >= 11 is 5.82. The summed E-state index contributed by atoms with van der Waals surface area (Å²) in [4.78, 5) is 11.2. The van der Waals surface area contributed by atoms with Crippen molar-refractivity contribution in [1.29, 1.82) is 0 Å². The van der Waals surface area contributed by atoms with Gasteiger partial charge in [0.15, 0.2) is 5.96 Å². The molecule has 0 bridgehead atoms. The van der Waals surface area contributed by atoms with Crippen LogP contribution in [0.3, 0.4) is 0 Å². The number of nitrogens with zero attached hydrogens (tertiary/aromatic N) is 3. The van der Waals surface area contributed by atoms with Crippen LogP contribution in [-0.4, -0.2) is 48.7 Å². The van der Waals surface area contributed by atoms with Gasteiger partial charge in [-0.05, 0) is 31.4 Å². The van der Waals surface area contributed by atoms with E-state index in [1.807, 2.05) is 6.07 Å². The van der Waals surface area contributed by atoms with Crippen LogP contribution in [-0.2, 0) is 11.3 Å². The molecule has 2 aliphatic heterocycles. The molecule has 1 aromatic rings. The first-order chi connectivity index (χ1) is 10.7. The SMILES string of the molecule is CCNC(=NCc1ccc(Cl)nc1)N1CCC2(CCOC2)C1. The summed E-state index contributed by atoms with van der Waals surface area (Å²) < 4.78 is 5.60. The predicted molar refractivity (Wildman–Crippen MR) is 88.1 cm³/mol. The standard InChI is InChI=1S/C16H23ClN4O/c1-2-18-15(20-10-13-3-4-14(17)19-9-13)21-7-5-16(11-21)6-8-22-12-16/h3-4,9H,2,5-8,10-12H2,1H3,(H,18,20). The van der Waals surface area contributed by atoms with Gasteiger partial charge in [0.25, 0.3) is 0 Å². The van der Waals surface area contributed by atoms with Crippen LogP contribution in [0.15, 0.2) is 23.3 Å². The van der Waals surface area contributed by atoms with E-state index in [-0.39, 0.29) is 0 Å². The molecule has 0 aromatic carbocycles. The minimum absolute atomic E-state index is 0.345. The lowest BCUT2D eigenvalue weighted by molar-refractivity contribution is 0.156. The maximum atomic E-state index is 5.82. The second-order valence-corrected chi connectivity index (χ2v) is 6.52. The molecule has 3 rings (SSSR count). The molecule has 1 spiro atoms. The Hall–Kier alpha value is -1.33. The van der Waals surface area contributed by atoms with Gasteiger partial charge in [0.2, 0.25) is 0 Å². The normalized spacial score (nSPS) is 25.2. The summed E-state index contributed by atoms with van der Waals surface area (Å²) in [6.45, 7) is 7.47. The third-order valence-corrected chi connectivity index (χ3v) is 4.68. The second kappa shape index (κ2) is 6.84. The summed E-state index contributed by atoms with van der Waals surface area (Å²) in [5, 5.41) is 3.92. The molecule has 2 aliphatic rings. The van der Waals surface area contributed by atoms with E-state index in [0.29, 0.717) is 17.1 Å². The number of pyridine rings is 1. The maximum absolute atomic E-state index is 5.82. The average molecular weight is 323 g/mol. The van der Waals surface area contributed by atoms with Gasteiger partial charge >= 0.3 is 0 Å². The number of halogens is 1.